The van der Waals surface area contributed by atoms with Gasteiger partial charge in [0.1, 0.15) is 16.5 Å². The summed E-state index contributed by atoms with van der Waals surface area (Å²) in [5.74, 6) is 1.97. The summed E-state index contributed by atoms with van der Waals surface area (Å²) in [6.07, 6.45) is 4.46. The molecule has 3 saturated heterocycles. The van der Waals surface area contributed by atoms with Crippen LogP contribution in [0.4, 0.5) is 5.82 Å². The lowest BCUT2D eigenvalue weighted by Gasteiger charge is -2.35. The average Bonchev–Trinajstić information content (AvgIpc) is 3.32. The molecule has 0 aromatic carbocycles. The van der Waals surface area contributed by atoms with Gasteiger partial charge in [-0.1, -0.05) is 0 Å². The fraction of sp³-hybridized carbons (Fsp3) is 0.700. The SMILES string of the molecule is Cc1sc2nc(CN3CCOCC3)nc(N3C4CCC3(CO)CC4)c2c1C. The molecule has 7 heteroatoms. The minimum atomic E-state index is -0.121. The summed E-state index contributed by atoms with van der Waals surface area (Å²) in [6, 6.07) is 0.506. The smallest absolute Gasteiger partial charge is 0.146 e. The van der Waals surface area contributed by atoms with Crippen molar-refractivity contribution in [1.82, 2.24) is 14.9 Å². The van der Waals surface area contributed by atoms with Gasteiger partial charge in [-0.25, -0.2) is 9.97 Å². The number of aryl methyl sites for hydroxylation is 2. The number of hydrogen-bond acceptors (Lipinski definition) is 7. The van der Waals surface area contributed by atoms with Crippen LogP contribution in [-0.4, -0.2) is 64.5 Å². The number of hydrogen-bond donors (Lipinski definition) is 1. The monoisotopic (exact) mass is 388 g/mol. The number of aromatic nitrogens is 2. The van der Waals surface area contributed by atoms with E-state index in [0.29, 0.717) is 6.04 Å². The van der Waals surface area contributed by atoms with Crippen LogP contribution in [0.1, 0.15) is 41.9 Å². The van der Waals surface area contributed by atoms with Crippen molar-refractivity contribution in [1.29, 1.82) is 0 Å². The first-order chi connectivity index (χ1) is 13.1. The summed E-state index contributed by atoms with van der Waals surface area (Å²) in [6.45, 7) is 8.79. The maximum absolute atomic E-state index is 10.2. The van der Waals surface area contributed by atoms with Crippen molar-refractivity contribution in [2.45, 2.75) is 57.7 Å². The van der Waals surface area contributed by atoms with Crippen LogP contribution >= 0.6 is 11.3 Å². The molecule has 0 unspecified atom stereocenters. The van der Waals surface area contributed by atoms with Gasteiger partial charge >= 0.3 is 0 Å². The molecular weight excluding hydrogens is 360 g/mol. The van der Waals surface area contributed by atoms with Crippen molar-refractivity contribution < 1.29 is 9.84 Å². The highest BCUT2D eigenvalue weighted by molar-refractivity contribution is 7.18. The zero-order valence-electron chi connectivity index (χ0n) is 16.2. The number of morpholine rings is 1. The number of ether oxygens (including phenoxy) is 1. The predicted molar refractivity (Wildman–Crippen MR) is 108 cm³/mol. The minimum Gasteiger partial charge on any atom is -0.394 e. The predicted octanol–water partition coefficient (Wildman–Crippen LogP) is 2.63. The highest BCUT2D eigenvalue weighted by atomic mass is 32.1. The summed E-state index contributed by atoms with van der Waals surface area (Å²) >= 11 is 1.77. The quantitative estimate of drug-likeness (QED) is 0.869. The maximum Gasteiger partial charge on any atom is 0.146 e. The maximum atomic E-state index is 10.2. The number of thiophene rings is 1. The molecule has 5 heterocycles. The van der Waals surface area contributed by atoms with Gasteiger partial charge in [0.2, 0.25) is 0 Å². The van der Waals surface area contributed by atoms with E-state index in [0.717, 1.165) is 75.0 Å². The van der Waals surface area contributed by atoms with Gasteiger partial charge in [0, 0.05) is 24.0 Å². The first-order valence-electron chi connectivity index (χ1n) is 10.1. The molecule has 0 amide bonds. The summed E-state index contributed by atoms with van der Waals surface area (Å²) in [5, 5.41) is 11.5. The number of nitrogens with zero attached hydrogens (tertiary/aromatic N) is 4. The average molecular weight is 389 g/mol. The van der Waals surface area contributed by atoms with Gasteiger partial charge in [0.25, 0.3) is 0 Å². The molecule has 2 aromatic rings. The second kappa shape index (κ2) is 6.65. The molecule has 1 N–H and O–H groups in total. The summed E-state index contributed by atoms with van der Waals surface area (Å²) in [5.41, 5.74) is 1.17. The third kappa shape index (κ3) is 2.78. The van der Waals surface area contributed by atoms with Crippen LogP contribution in [0.15, 0.2) is 0 Å². The van der Waals surface area contributed by atoms with E-state index in [4.69, 9.17) is 14.7 Å². The van der Waals surface area contributed by atoms with E-state index in [-0.39, 0.29) is 12.1 Å². The fourth-order valence-electron chi connectivity index (χ4n) is 5.13. The van der Waals surface area contributed by atoms with E-state index >= 15 is 0 Å². The molecule has 0 spiro atoms. The lowest BCUT2D eigenvalue weighted by molar-refractivity contribution is 0.0331. The van der Waals surface area contributed by atoms with Crippen molar-refractivity contribution >= 4 is 27.4 Å². The zero-order chi connectivity index (χ0) is 18.6. The third-order valence-corrected chi connectivity index (χ3v) is 7.91. The molecule has 6 nitrogen and oxygen atoms in total. The molecule has 3 aliphatic heterocycles. The molecule has 27 heavy (non-hydrogen) atoms. The number of anilines is 1. The molecule has 2 bridgehead atoms. The first-order valence-corrected chi connectivity index (χ1v) is 10.9. The van der Waals surface area contributed by atoms with Crippen molar-refractivity contribution in [2.24, 2.45) is 0 Å². The molecule has 3 fully saturated rings. The Balaban J connectivity index is 1.61. The van der Waals surface area contributed by atoms with Gasteiger partial charge in [0.05, 0.1) is 37.3 Å². The van der Waals surface area contributed by atoms with E-state index in [1.54, 1.807) is 11.3 Å². The molecule has 146 valence electrons. The van der Waals surface area contributed by atoms with Crippen molar-refractivity contribution in [3.05, 3.63) is 16.3 Å². The standard InChI is InChI=1S/C20H28N4O2S/c1-13-14(2)27-19-17(13)18(24-15-3-5-20(24,12-25)6-4-15)21-16(22-19)11-23-7-9-26-10-8-23/h15,25H,3-12H2,1-2H3. The van der Waals surface area contributed by atoms with Crippen molar-refractivity contribution in [3.63, 3.8) is 0 Å². The number of fused-ring (bicyclic) bond motifs is 3. The summed E-state index contributed by atoms with van der Waals surface area (Å²) in [4.78, 5) is 17.3. The molecule has 2 aromatic heterocycles. The molecule has 0 saturated carbocycles. The second-order valence-electron chi connectivity index (χ2n) is 8.30. The lowest BCUT2D eigenvalue weighted by atomic mass is 9.88. The Bertz CT molecular complexity index is 853. The largest absolute Gasteiger partial charge is 0.394 e. The molecule has 5 rings (SSSR count). The van der Waals surface area contributed by atoms with Crippen LogP contribution in [0.3, 0.4) is 0 Å². The minimum absolute atomic E-state index is 0.121. The number of aliphatic hydroxyl groups is 1. The molecular formula is C20H28N4O2S. The number of rotatable bonds is 4. The zero-order valence-corrected chi connectivity index (χ0v) is 17.0. The van der Waals surface area contributed by atoms with Crippen LogP contribution < -0.4 is 4.90 Å². The Morgan fingerprint density at radius 3 is 2.63 bits per heavy atom. The van der Waals surface area contributed by atoms with E-state index in [9.17, 15) is 5.11 Å². The van der Waals surface area contributed by atoms with Gasteiger partial charge in [-0.15, -0.1) is 11.3 Å². The van der Waals surface area contributed by atoms with Gasteiger partial charge in [-0.05, 0) is 45.1 Å². The molecule has 0 aliphatic carbocycles. The Labute approximate surface area is 164 Å². The van der Waals surface area contributed by atoms with E-state index in [2.05, 4.69) is 23.6 Å². The first kappa shape index (κ1) is 17.8. The third-order valence-electron chi connectivity index (χ3n) is 6.81. The number of aliphatic hydroxyl groups excluding tert-OH is 1. The van der Waals surface area contributed by atoms with Crippen LogP contribution in [0, 0.1) is 13.8 Å². The van der Waals surface area contributed by atoms with Gasteiger partial charge in [-0.3, -0.25) is 4.90 Å². The summed E-state index contributed by atoms with van der Waals surface area (Å²) in [7, 11) is 0. The Morgan fingerprint density at radius 2 is 1.93 bits per heavy atom. The molecule has 0 radical (unpaired) electrons. The van der Waals surface area contributed by atoms with Gasteiger partial charge < -0.3 is 14.7 Å². The second-order valence-corrected chi connectivity index (χ2v) is 9.50. The topological polar surface area (TPSA) is 61.7 Å². The summed E-state index contributed by atoms with van der Waals surface area (Å²) < 4.78 is 5.48. The van der Waals surface area contributed by atoms with Crippen LogP contribution in [0.2, 0.25) is 0 Å². The normalized spacial score (nSPS) is 28.6. The van der Waals surface area contributed by atoms with Crippen molar-refractivity contribution in [2.75, 3.05) is 37.8 Å². The highest BCUT2D eigenvalue weighted by Gasteiger charge is 2.52. The van der Waals surface area contributed by atoms with Crippen LogP contribution in [0.5, 0.6) is 0 Å². The molecule has 3 aliphatic rings. The van der Waals surface area contributed by atoms with Crippen LogP contribution in [-0.2, 0) is 11.3 Å². The van der Waals surface area contributed by atoms with E-state index in [1.165, 1.54) is 15.8 Å². The van der Waals surface area contributed by atoms with E-state index in [1.807, 2.05) is 0 Å². The van der Waals surface area contributed by atoms with Gasteiger partial charge in [0.15, 0.2) is 0 Å². The Morgan fingerprint density at radius 1 is 1.19 bits per heavy atom. The molecule has 0 atom stereocenters. The highest BCUT2D eigenvalue weighted by Crippen LogP contribution is 2.50. The van der Waals surface area contributed by atoms with E-state index < -0.39 is 0 Å². The van der Waals surface area contributed by atoms with Crippen LogP contribution in [0.25, 0.3) is 10.2 Å². The lowest BCUT2D eigenvalue weighted by Crippen LogP contribution is -2.45. The van der Waals surface area contributed by atoms with Crippen molar-refractivity contribution in [3.8, 4) is 0 Å². The Hall–Kier alpha value is -1.28. The Kier molecular flexibility index (Phi) is 4.39. The fourth-order valence-corrected chi connectivity index (χ4v) is 6.18. The van der Waals surface area contributed by atoms with Gasteiger partial charge in [-0.2, -0.15) is 0 Å².